The standard InChI is InChI=1S/C22H26N6O5/c1-13-16(18(30)25-20(23-13)28-8-10-33-11-9-28)6-7-17(29)24-15-5-3-4-14(12-15)22(2)19(31)26-21(32)27-22/h3-5,12H,6-11H2,1-2H3,(H,24,29)(H,23,25,30)(H2,26,27,31,32). The Bertz CT molecular complexity index is 1160. The van der Waals surface area contributed by atoms with Gasteiger partial charge in [0.1, 0.15) is 5.54 Å². The van der Waals surface area contributed by atoms with E-state index in [1.165, 1.54) is 0 Å². The monoisotopic (exact) mass is 454 g/mol. The predicted molar refractivity (Wildman–Crippen MR) is 120 cm³/mol. The maximum absolute atomic E-state index is 12.6. The van der Waals surface area contributed by atoms with Gasteiger partial charge in [-0.3, -0.25) is 24.7 Å². The summed E-state index contributed by atoms with van der Waals surface area (Å²) in [4.78, 5) is 58.1. The van der Waals surface area contributed by atoms with Crippen molar-refractivity contribution >= 4 is 29.5 Å². The van der Waals surface area contributed by atoms with Crippen LogP contribution in [-0.4, -0.2) is 54.1 Å². The number of aromatic amines is 1. The molecule has 33 heavy (non-hydrogen) atoms. The van der Waals surface area contributed by atoms with Crippen molar-refractivity contribution in [2.45, 2.75) is 32.2 Å². The number of imide groups is 1. The zero-order chi connectivity index (χ0) is 23.6. The molecule has 2 aliphatic rings. The fourth-order valence-electron chi connectivity index (χ4n) is 3.93. The van der Waals surface area contributed by atoms with Crippen LogP contribution in [0.2, 0.25) is 0 Å². The van der Waals surface area contributed by atoms with Gasteiger partial charge in [0, 0.05) is 36.5 Å². The zero-order valence-electron chi connectivity index (χ0n) is 18.5. The highest BCUT2D eigenvalue weighted by Crippen LogP contribution is 2.26. The number of hydrogen-bond acceptors (Lipinski definition) is 7. The molecule has 2 aromatic rings. The molecule has 0 spiro atoms. The first-order chi connectivity index (χ1) is 15.8. The fourth-order valence-corrected chi connectivity index (χ4v) is 3.93. The van der Waals surface area contributed by atoms with Gasteiger partial charge < -0.3 is 20.3 Å². The number of nitrogens with one attached hydrogen (secondary N) is 4. The second-order valence-electron chi connectivity index (χ2n) is 8.22. The molecule has 0 radical (unpaired) electrons. The average molecular weight is 454 g/mol. The first-order valence-electron chi connectivity index (χ1n) is 10.7. The van der Waals surface area contributed by atoms with Crippen LogP contribution in [0.3, 0.4) is 0 Å². The van der Waals surface area contributed by atoms with Gasteiger partial charge in [-0.15, -0.1) is 0 Å². The Hall–Kier alpha value is -3.73. The number of carbonyl (C=O) groups excluding carboxylic acids is 3. The van der Waals surface area contributed by atoms with Gasteiger partial charge in [-0.1, -0.05) is 12.1 Å². The van der Waals surface area contributed by atoms with Crippen LogP contribution in [0.25, 0.3) is 0 Å². The van der Waals surface area contributed by atoms with Gasteiger partial charge in [0.05, 0.1) is 13.2 Å². The van der Waals surface area contributed by atoms with E-state index in [1.807, 2.05) is 4.90 Å². The van der Waals surface area contributed by atoms with Crippen molar-refractivity contribution in [1.82, 2.24) is 20.6 Å². The number of aryl methyl sites for hydroxylation is 1. The van der Waals surface area contributed by atoms with Crippen molar-refractivity contribution < 1.29 is 19.1 Å². The Morgan fingerprint density at radius 2 is 2.00 bits per heavy atom. The van der Waals surface area contributed by atoms with E-state index in [0.29, 0.717) is 54.8 Å². The van der Waals surface area contributed by atoms with Crippen molar-refractivity contribution in [2.75, 3.05) is 36.5 Å². The van der Waals surface area contributed by atoms with Crippen LogP contribution in [0.1, 0.15) is 30.2 Å². The summed E-state index contributed by atoms with van der Waals surface area (Å²) < 4.78 is 5.33. The smallest absolute Gasteiger partial charge is 0.322 e. The lowest BCUT2D eigenvalue weighted by Crippen LogP contribution is -2.40. The number of benzene rings is 1. The summed E-state index contributed by atoms with van der Waals surface area (Å²) >= 11 is 0. The number of ether oxygens (including phenoxy) is 1. The minimum Gasteiger partial charge on any atom is -0.378 e. The molecule has 1 aromatic carbocycles. The molecular weight excluding hydrogens is 428 g/mol. The summed E-state index contributed by atoms with van der Waals surface area (Å²) in [7, 11) is 0. The normalized spacial score (nSPS) is 20.4. The molecule has 0 bridgehead atoms. The Balaban J connectivity index is 1.40. The van der Waals surface area contributed by atoms with E-state index < -0.39 is 17.5 Å². The summed E-state index contributed by atoms with van der Waals surface area (Å²) in [5, 5.41) is 7.60. The highest BCUT2D eigenvalue weighted by Gasteiger charge is 2.43. The zero-order valence-corrected chi connectivity index (χ0v) is 18.5. The van der Waals surface area contributed by atoms with Crippen LogP contribution in [0.15, 0.2) is 29.1 Å². The van der Waals surface area contributed by atoms with Crippen molar-refractivity contribution in [2.24, 2.45) is 0 Å². The van der Waals surface area contributed by atoms with E-state index in [9.17, 15) is 19.2 Å². The Labute approximate surface area is 189 Å². The number of morpholine rings is 1. The molecule has 11 heteroatoms. The van der Waals surface area contributed by atoms with Crippen molar-refractivity contribution in [3.8, 4) is 0 Å². The lowest BCUT2D eigenvalue weighted by atomic mass is 9.92. The van der Waals surface area contributed by atoms with Crippen LogP contribution in [-0.2, 0) is 26.3 Å². The van der Waals surface area contributed by atoms with Crippen LogP contribution in [0, 0.1) is 6.92 Å². The summed E-state index contributed by atoms with van der Waals surface area (Å²) in [5.74, 6) is -0.227. The van der Waals surface area contributed by atoms with Crippen molar-refractivity contribution in [1.29, 1.82) is 0 Å². The first kappa shape index (κ1) is 22.5. The van der Waals surface area contributed by atoms with Gasteiger partial charge >= 0.3 is 6.03 Å². The molecule has 11 nitrogen and oxygen atoms in total. The molecule has 0 saturated carbocycles. The van der Waals surface area contributed by atoms with Gasteiger partial charge in [0.2, 0.25) is 11.9 Å². The molecule has 1 aromatic heterocycles. The number of aromatic nitrogens is 2. The molecule has 4 amide bonds. The molecule has 3 heterocycles. The third-order valence-corrected chi connectivity index (χ3v) is 5.89. The average Bonchev–Trinajstić information content (AvgIpc) is 3.06. The third-order valence-electron chi connectivity index (χ3n) is 5.89. The largest absolute Gasteiger partial charge is 0.378 e. The van der Waals surface area contributed by atoms with Gasteiger partial charge in [0.25, 0.3) is 11.5 Å². The third kappa shape index (κ3) is 4.72. The number of carbonyl (C=O) groups is 3. The van der Waals surface area contributed by atoms with E-state index in [2.05, 4.69) is 25.9 Å². The predicted octanol–water partition coefficient (Wildman–Crippen LogP) is 0.541. The molecule has 1 atom stereocenters. The van der Waals surface area contributed by atoms with Crippen LogP contribution < -0.4 is 26.4 Å². The van der Waals surface area contributed by atoms with E-state index in [0.717, 1.165) is 0 Å². The molecule has 2 fully saturated rings. The SMILES string of the molecule is Cc1nc(N2CCOCC2)[nH]c(=O)c1CCC(=O)Nc1cccc(C2(C)NC(=O)NC2=O)c1. The topological polar surface area (TPSA) is 146 Å². The lowest BCUT2D eigenvalue weighted by Gasteiger charge is -2.27. The summed E-state index contributed by atoms with van der Waals surface area (Å²) in [5.41, 5.74) is 0.614. The summed E-state index contributed by atoms with van der Waals surface area (Å²) in [6.45, 7) is 5.85. The number of H-pyrrole nitrogens is 1. The molecule has 2 aliphatic heterocycles. The maximum Gasteiger partial charge on any atom is 0.322 e. The Morgan fingerprint density at radius 3 is 2.67 bits per heavy atom. The molecule has 0 aliphatic carbocycles. The highest BCUT2D eigenvalue weighted by molar-refractivity contribution is 6.07. The number of hydrogen-bond donors (Lipinski definition) is 4. The molecular formula is C22H26N6O5. The van der Waals surface area contributed by atoms with Gasteiger partial charge in [-0.05, 0) is 38.0 Å². The van der Waals surface area contributed by atoms with Gasteiger partial charge in [0.15, 0.2) is 0 Å². The van der Waals surface area contributed by atoms with E-state index in [1.54, 1.807) is 38.1 Å². The van der Waals surface area contributed by atoms with Crippen LogP contribution >= 0.6 is 0 Å². The number of anilines is 2. The lowest BCUT2D eigenvalue weighted by molar-refractivity contribution is -0.123. The van der Waals surface area contributed by atoms with Crippen molar-refractivity contribution in [3.63, 3.8) is 0 Å². The van der Waals surface area contributed by atoms with Crippen molar-refractivity contribution in [3.05, 3.63) is 51.4 Å². The number of nitrogens with zero attached hydrogens (tertiary/aromatic N) is 2. The fraction of sp³-hybridized carbons (Fsp3) is 0.409. The van der Waals surface area contributed by atoms with E-state index in [4.69, 9.17) is 4.74 Å². The molecule has 2 saturated heterocycles. The quantitative estimate of drug-likeness (QED) is 0.466. The Kier molecular flexibility index (Phi) is 6.14. The molecule has 174 valence electrons. The number of amides is 4. The van der Waals surface area contributed by atoms with Gasteiger partial charge in [-0.25, -0.2) is 9.78 Å². The van der Waals surface area contributed by atoms with Crippen LogP contribution in [0.4, 0.5) is 16.4 Å². The summed E-state index contributed by atoms with van der Waals surface area (Å²) in [6, 6.07) is 6.16. The van der Waals surface area contributed by atoms with E-state index in [-0.39, 0.29) is 24.3 Å². The Morgan fingerprint density at radius 1 is 1.24 bits per heavy atom. The molecule has 4 rings (SSSR count). The molecule has 4 N–H and O–H groups in total. The van der Waals surface area contributed by atoms with E-state index >= 15 is 0 Å². The molecule has 1 unspecified atom stereocenters. The highest BCUT2D eigenvalue weighted by atomic mass is 16.5. The number of urea groups is 1. The first-order valence-corrected chi connectivity index (χ1v) is 10.7. The van der Waals surface area contributed by atoms with Gasteiger partial charge in [-0.2, -0.15) is 0 Å². The van der Waals surface area contributed by atoms with Crippen LogP contribution in [0.5, 0.6) is 0 Å². The summed E-state index contributed by atoms with van der Waals surface area (Å²) in [6.07, 6.45) is 0.320. The second-order valence-corrected chi connectivity index (χ2v) is 8.22. The maximum atomic E-state index is 12.6. The minimum atomic E-state index is -1.21. The second kappa shape index (κ2) is 9.02. The minimum absolute atomic E-state index is 0.0845. The number of rotatable bonds is 6.